The van der Waals surface area contributed by atoms with Crippen LogP contribution in [0.25, 0.3) is 0 Å². The Morgan fingerprint density at radius 2 is 1.88 bits per heavy atom. The third-order valence-corrected chi connectivity index (χ3v) is 4.17. The minimum absolute atomic E-state index is 0.176. The first-order valence-corrected chi connectivity index (χ1v) is 6.83. The molecule has 0 aromatic carbocycles. The summed E-state index contributed by atoms with van der Waals surface area (Å²) in [5.74, 6) is 2.17. The lowest BCUT2D eigenvalue weighted by Crippen LogP contribution is -2.26. The summed E-state index contributed by atoms with van der Waals surface area (Å²) in [5.41, 5.74) is 2.22. The molecule has 2 fully saturated rings. The smallest absolute Gasteiger partial charge is 0.0629 e. The molecule has 2 nitrogen and oxygen atoms in total. The summed E-state index contributed by atoms with van der Waals surface area (Å²) in [6.45, 7) is 2.05. The van der Waals surface area contributed by atoms with Crippen molar-refractivity contribution >= 4 is 0 Å². The molecule has 1 aromatic rings. The van der Waals surface area contributed by atoms with Gasteiger partial charge in [0, 0.05) is 18.3 Å². The molecule has 1 N–H and O–H groups in total. The Morgan fingerprint density at radius 1 is 1.24 bits per heavy atom. The number of aryl methyl sites for hydroxylation is 1. The van der Waals surface area contributed by atoms with Crippen molar-refractivity contribution in [3.05, 3.63) is 29.6 Å². The second-order valence-corrected chi connectivity index (χ2v) is 5.85. The fourth-order valence-electron chi connectivity index (χ4n) is 2.95. The minimum atomic E-state index is -0.176. The quantitative estimate of drug-likeness (QED) is 0.845. The van der Waals surface area contributed by atoms with E-state index in [0.29, 0.717) is 5.92 Å². The highest BCUT2D eigenvalue weighted by molar-refractivity contribution is 5.13. The van der Waals surface area contributed by atoms with Crippen molar-refractivity contribution in [2.24, 2.45) is 17.8 Å². The van der Waals surface area contributed by atoms with Gasteiger partial charge in [0.25, 0.3) is 0 Å². The summed E-state index contributed by atoms with van der Waals surface area (Å²) >= 11 is 0. The number of aliphatic hydroxyl groups excluding tert-OH is 1. The summed E-state index contributed by atoms with van der Waals surface area (Å²) < 4.78 is 0. The minimum Gasteiger partial charge on any atom is -0.392 e. The molecule has 0 aliphatic heterocycles. The third kappa shape index (κ3) is 2.68. The van der Waals surface area contributed by atoms with Crippen molar-refractivity contribution in [1.29, 1.82) is 0 Å². The maximum Gasteiger partial charge on any atom is 0.0629 e. The molecule has 2 heteroatoms. The van der Waals surface area contributed by atoms with Crippen LogP contribution in [0.2, 0.25) is 0 Å². The Kier molecular flexibility index (Phi) is 2.91. The van der Waals surface area contributed by atoms with Gasteiger partial charge in [-0.3, -0.25) is 4.98 Å². The summed E-state index contributed by atoms with van der Waals surface area (Å²) in [6, 6.07) is 4.13. The van der Waals surface area contributed by atoms with Crippen LogP contribution in [0.1, 0.15) is 36.9 Å². The van der Waals surface area contributed by atoms with Crippen molar-refractivity contribution in [1.82, 2.24) is 4.98 Å². The van der Waals surface area contributed by atoms with Gasteiger partial charge in [-0.1, -0.05) is 6.07 Å². The van der Waals surface area contributed by atoms with Crippen molar-refractivity contribution < 1.29 is 5.11 Å². The maximum atomic E-state index is 10.4. The van der Waals surface area contributed by atoms with E-state index in [1.165, 1.54) is 31.2 Å². The van der Waals surface area contributed by atoms with E-state index >= 15 is 0 Å². The normalized spacial score (nSPS) is 21.8. The van der Waals surface area contributed by atoms with Gasteiger partial charge in [0.1, 0.15) is 0 Å². The zero-order valence-electron chi connectivity index (χ0n) is 10.5. The van der Waals surface area contributed by atoms with Gasteiger partial charge < -0.3 is 5.11 Å². The second kappa shape index (κ2) is 4.41. The molecule has 92 valence electrons. The van der Waals surface area contributed by atoms with E-state index < -0.39 is 0 Å². The lowest BCUT2D eigenvalue weighted by Gasteiger charge is -2.22. The van der Waals surface area contributed by atoms with Crippen LogP contribution in [0, 0.1) is 24.7 Å². The average Bonchev–Trinajstić information content (AvgIpc) is 3.14. The predicted octanol–water partition coefficient (Wildman–Crippen LogP) is 2.73. The van der Waals surface area contributed by atoms with Gasteiger partial charge >= 0.3 is 0 Å². The molecule has 0 saturated heterocycles. The lowest BCUT2D eigenvalue weighted by molar-refractivity contribution is 0.0817. The van der Waals surface area contributed by atoms with Gasteiger partial charge in [-0.2, -0.15) is 0 Å². The van der Waals surface area contributed by atoms with Crippen molar-refractivity contribution in [3.63, 3.8) is 0 Å². The first kappa shape index (κ1) is 11.2. The third-order valence-electron chi connectivity index (χ3n) is 4.17. The highest BCUT2D eigenvalue weighted by Crippen LogP contribution is 2.51. The zero-order chi connectivity index (χ0) is 11.8. The molecule has 0 spiro atoms. The first-order chi connectivity index (χ1) is 8.24. The molecule has 1 atom stereocenters. The fourth-order valence-corrected chi connectivity index (χ4v) is 2.95. The first-order valence-electron chi connectivity index (χ1n) is 6.83. The number of hydrogen-bond acceptors (Lipinski definition) is 2. The second-order valence-electron chi connectivity index (χ2n) is 5.85. The van der Waals surface area contributed by atoms with E-state index in [0.717, 1.165) is 24.0 Å². The van der Waals surface area contributed by atoms with E-state index in [9.17, 15) is 5.11 Å². The average molecular weight is 231 g/mol. The van der Waals surface area contributed by atoms with Crippen LogP contribution in [-0.2, 0) is 6.42 Å². The van der Waals surface area contributed by atoms with Crippen molar-refractivity contribution in [2.75, 3.05) is 0 Å². The molecular weight excluding hydrogens is 210 g/mol. The monoisotopic (exact) mass is 231 g/mol. The highest BCUT2D eigenvalue weighted by atomic mass is 16.3. The molecule has 0 radical (unpaired) electrons. The van der Waals surface area contributed by atoms with Gasteiger partial charge in [0.05, 0.1) is 6.10 Å². The SMILES string of the molecule is Cc1ccc(CC(O)C(C2CC2)C2CC2)nc1. The number of hydrogen-bond donors (Lipinski definition) is 1. The molecule has 2 aliphatic carbocycles. The molecule has 1 unspecified atom stereocenters. The van der Waals surface area contributed by atoms with E-state index in [1.807, 2.05) is 13.1 Å². The number of nitrogens with zero attached hydrogens (tertiary/aromatic N) is 1. The number of aromatic nitrogens is 1. The van der Waals surface area contributed by atoms with Gasteiger partial charge in [-0.25, -0.2) is 0 Å². The Hall–Kier alpha value is -0.890. The molecule has 3 rings (SSSR count). The van der Waals surface area contributed by atoms with E-state index in [-0.39, 0.29) is 6.10 Å². The predicted molar refractivity (Wildman–Crippen MR) is 67.6 cm³/mol. The van der Waals surface area contributed by atoms with Crippen LogP contribution in [0.5, 0.6) is 0 Å². The molecule has 0 bridgehead atoms. The van der Waals surface area contributed by atoms with Crippen LogP contribution in [0.4, 0.5) is 0 Å². The molecule has 2 saturated carbocycles. The van der Waals surface area contributed by atoms with Crippen molar-refractivity contribution in [2.45, 2.75) is 45.1 Å². The van der Waals surface area contributed by atoms with Crippen LogP contribution in [0.15, 0.2) is 18.3 Å². The summed E-state index contributed by atoms with van der Waals surface area (Å²) in [4.78, 5) is 4.40. The Bertz CT molecular complexity index is 366. The van der Waals surface area contributed by atoms with Gasteiger partial charge in [-0.05, 0) is 62.0 Å². The molecule has 0 amide bonds. The van der Waals surface area contributed by atoms with Crippen LogP contribution >= 0.6 is 0 Å². The Balaban J connectivity index is 1.64. The topological polar surface area (TPSA) is 33.1 Å². The Morgan fingerprint density at radius 3 is 2.35 bits per heavy atom. The number of pyridine rings is 1. The van der Waals surface area contributed by atoms with E-state index in [2.05, 4.69) is 17.1 Å². The summed E-state index contributed by atoms with van der Waals surface area (Å²) in [7, 11) is 0. The molecule has 2 aliphatic rings. The summed E-state index contributed by atoms with van der Waals surface area (Å²) in [6.07, 6.45) is 7.78. The van der Waals surface area contributed by atoms with Gasteiger partial charge in [0.15, 0.2) is 0 Å². The number of rotatable bonds is 5. The van der Waals surface area contributed by atoms with E-state index in [4.69, 9.17) is 0 Å². The largest absolute Gasteiger partial charge is 0.392 e. The standard InChI is InChI=1S/C15H21NO/c1-10-2-7-13(16-9-10)8-14(17)15(11-3-4-11)12-5-6-12/h2,7,9,11-12,14-15,17H,3-6,8H2,1H3. The van der Waals surface area contributed by atoms with Gasteiger partial charge in [-0.15, -0.1) is 0 Å². The fraction of sp³-hybridized carbons (Fsp3) is 0.667. The molecule has 1 aromatic heterocycles. The van der Waals surface area contributed by atoms with Crippen molar-refractivity contribution in [3.8, 4) is 0 Å². The Labute approximate surface area is 103 Å². The molecular formula is C15H21NO. The van der Waals surface area contributed by atoms with Crippen LogP contribution in [0.3, 0.4) is 0 Å². The van der Waals surface area contributed by atoms with Crippen LogP contribution < -0.4 is 0 Å². The zero-order valence-corrected chi connectivity index (χ0v) is 10.5. The van der Waals surface area contributed by atoms with E-state index in [1.54, 1.807) is 0 Å². The molecule has 1 heterocycles. The molecule has 17 heavy (non-hydrogen) atoms. The summed E-state index contributed by atoms with van der Waals surface area (Å²) in [5, 5.41) is 10.4. The highest BCUT2D eigenvalue weighted by Gasteiger charge is 2.44. The van der Waals surface area contributed by atoms with Gasteiger partial charge in [0.2, 0.25) is 0 Å². The lowest BCUT2D eigenvalue weighted by atomic mass is 9.89. The van der Waals surface area contributed by atoms with Crippen LogP contribution in [-0.4, -0.2) is 16.2 Å². The number of aliphatic hydroxyl groups is 1. The maximum absolute atomic E-state index is 10.4.